The second-order valence-electron chi connectivity index (χ2n) is 5.28. The van der Waals surface area contributed by atoms with Crippen LogP contribution in [0.2, 0.25) is 0 Å². The Bertz CT molecular complexity index is 583. The van der Waals surface area contributed by atoms with Crippen molar-refractivity contribution in [1.29, 1.82) is 0 Å². The van der Waals surface area contributed by atoms with Gasteiger partial charge < -0.3 is 9.84 Å². The number of fused-ring (bicyclic) bond motifs is 1. The molecule has 0 aliphatic heterocycles. The normalized spacial score (nSPS) is 17.3. The molecule has 2 aromatic rings. The van der Waals surface area contributed by atoms with Crippen LogP contribution in [0, 0.1) is 0 Å². The molecule has 0 heterocycles. The molecule has 2 nitrogen and oxygen atoms in total. The molecule has 1 atom stereocenters. The average Bonchev–Trinajstić information content (AvgIpc) is 2.53. The maximum Gasteiger partial charge on any atom is 0.119 e. The molecule has 0 saturated carbocycles. The number of aliphatic hydroxyl groups excluding tert-OH is 1. The minimum absolute atomic E-state index is 0.323. The lowest BCUT2D eigenvalue weighted by atomic mass is 9.89. The summed E-state index contributed by atoms with van der Waals surface area (Å²) in [6, 6.07) is 16.5. The third-order valence-electron chi connectivity index (χ3n) is 3.76. The van der Waals surface area contributed by atoms with Crippen molar-refractivity contribution in [1.82, 2.24) is 0 Å². The molecule has 1 N–H and O–H groups in total. The van der Waals surface area contributed by atoms with E-state index in [4.69, 9.17) is 4.74 Å². The summed E-state index contributed by atoms with van der Waals surface area (Å²) in [7, 11) is 0. The van der Waals surface area contributed by atoms with Crippen molar-refractivity contribution in [3.63, 3.8) is 0 Å². The first-order valence-electron chi connectivity index (χ1n) is 7.44. The molecule has 0 fully saturated rings. The number of thioether (sulfide) groups is 1. The van der Waals surface area contributed by atoms with Crippen molar-refractivity contribution in [2.75, 3.05) is 12.4 Å². The number of ether oxygens (including phenoxy) is 1. The molecular weight excluding hydrogens is 280 g/mol. The quantitative estimate of drug-likeness (QED) is 0.662. The van der Waals surface area contributed by atoms with Gasteiger partial charge in [-0.2, -0.15) is 0 Å². The molecule has 1 aliphatic rings. The highest BCUT2D eigenvalue weighted by Gasteiger charge is 2.18. The van der Waals surface area contributed by atoms with Crippen molar-refractivity contribution in [3.05, 3.63) is 59.7 Å². The number of aryl methyl sites for hydroxylation is 1. The molecule has 2 aromatic carbocycles. The van der Waals surface area contributed by atoms with Crippen LogP contribution >= 0.6 is 11.8 Å². The van der Waals surface area contributed by atoms with Crippen LogP contribution in [0.25, 0.3) is 0 Å². The summed E-state index contributed by atoms with van der Waals surface area (Å²) in [5, 5.41) is 10.0. The first kappa shape index (κ1) is 14.5. The highest BCUT2D eigenvalue weighted by atomic mass is 32.2. The van der Waals surface area contributed by atoms with E-state index in [2.05, 4.69) is 18.2 Å². The Kier molecular flexibility index (Phi) is 4.84. The van der Waals surface area contributed by atoms with Crippen molar-refractivity contribution < 1.29 is 9.84 Å². The predicted octanol–water partition coefficient (Wildman–Crippen LogP) is 4.23. The summed E-state index contributed by atoms with van der Waals surface area (Å²) < 4.78 is 5.81. The maximum absolute atomic E-state index is 10.0. The number of hydrogen-bond donors (Lipinski definition) is 1. The Morgan fingerprint density at radius 3 is 2.86 bits per heavy atom. The van der Waals surface area contributed by atoms with Gasteiger partial charge in [-0.3, -0.25) is 0 Å². The minimum Gasteiger partial charge on any atom is -0.493 e. The molecule has 3 heteroatoms. The summed E-state index contributed by atoms with van der Waals surface area (Å²) in [5.41, 5.74) is 2.31. The number of aliphatic hydroxyl groups is 1. The minimum atomic E-state index is -0.323. The number of benzene rings is 2. The SMILES string of the molecule is O[C@H]1CCCc2ccc(OCCSc3ccccc3)cc21. The van der Waals surface area contributed by atoms with Crippen LogP contribution in [-0.4, -0.2) is 17.5 Å². The summed E-state index contributed by atoms with van der Waals surface area (Å²) in [5.74, 6) is 1.78. The molecule has 110 valence electrons. The van der Waals surface area contributed by atoms with Gasteiger partial charge in [0.25, 0.3) is 0 Å². The highest BCUT2D eigenvalue weighted by molar-refractivity contribution is 7.99. The fourth-order valence-corrected chi connectivity index (χ4v) is 3.43. The first-order chi connectivity index (χ1) is 10.3. The Labute approximate surface area is 130 Å². The zero-order chi connectivity index (χ0) is 14.5. The maximum atomic E-state index is 10.0. The summed E-state index contributed by atoms with van der Waals surface area (Å²) in [4.78, 5) is 1.27. The topological polar surface area (TPSA) is 29.5 Å². The van der Waals surface area contributed by atoms with Crippen molar-refractivity contribution in [2.24, 2.45) is 0 Å². The van der Waals surface area contributed by atoms with E-state index in [0.29, 0.717) is 6.61 Å². The molecule has 0 radical (unpaired) electrons. The van der Waals surface area contributed by atoms with Crippen molar-refractivity contribution in [2.45, 2.75) is 30.3 Å². The lowest BCUT2D eigenvalue weighted by Gasteiger charge is -2.22. The predicted molar refractivity (Wildman–Crippen MR) is 87.0 cm³/mol. The van der Waals surface area contributed by atoms with Gasteiger partial charge in [0.05, 0.1) is 12.7 Å². The van der Waals surface area contributed by atoms with Gasteiger partial charge in [0.15, 0.2) is 0 Å². The second kappa shape index (κ2) is 7.01. The van der Waals surface area contributed by atoms with Crippen LogP contribution in [0.1, 0.15) is 30.1 Å². The standard InChI is InChI=1S/C18H20O2S/c19-18-8-4-5-14-9-10-15(13-17(14)18)20-11-12-21-16-6-2-1-3-7-16/h1-3,6-7,9-10,13,18-19H,4-5,8,11-12H2/t18-/m0/s1. The fourth-order valence-electron chi connectivity index (χ4n) is 2.68. The van der Waals surface area contributed by atoms with Crippen LogP contribution in [0.4, 0.5) is 0 Å². The third kappa shape index (κ3) is 3.80. The van der Waals surface area contributed by atoms with Crippen molar-refractivity contribution in [3.8, 4) is 5.75 Å². The van der Waals surface area contributed by atoms with Gasteiger partial charge in [-0.15, -0.1) is 11.8 Å². The molecule has 0 aromatic heterocycles. The molecular formula is C18H20O2S. The smallest absolute Gasteiger partial charge is 0.119 e. The van der Waals surface area contributed by atoms with Gasteiger partial charge in [0, 0.05) is 10.6 Å². The van der Waals surface area contributed by atoms with Gasteiger partial charge in [-0.1, -0.05) is 24.3 Å². The average molecular weight is 300 g/mol. The Balaban J connectivity index is 1.53. The monoisotopic (exact) mass is 300 g/mol. The van der Waals surface area contributed by atoms with E-state index < -0.39 is 0 Å². The van der Waals surface area contributed by atoms with Gasteiger partial charge in [-0.05, 0) is 54.7 Å². The van der Waals surface area contributed by atoms with E-state index in [-0.39, 0.29) is 6.10 Å². The van der Waals surface area contributed by atoms with Crippen LogP contribution in [-0.2, 0) is 6.42 Å². The van der Waals surface area contributed by atoms with E-state index >= 15 is 0 Å². The molecule has 0 spiro atoms. The summed E-state index contributed by atoms with van der Waals surface area (Å²) >= 11 is 1.79. The summed E-state index contributed by atoms with van der Waals surface area (Å²) in [6.45, 7) is 0.675. The van der Waals surface area contributed by atoms with E-state index in [1.807, 2.05) is 30.3 Å². The zero-order valence-electron chi connectivity index (χ0n) is 12.0. The number of rotatable bonds is 5. The van der Waals surface area contributed by atoms with Gasteiger partial charge in [0.2, 0.25) is 0 Å². The summed E-state index contributed by atoms with van der Waals surface area (Å²) in [6.07, 6.45) is 2.68. The fraction of sp³-hybridized carbons (Fsp3) is 0.333. The molecule has 1 aliphatic carbocycles. The molecule has 3 rings (SSSR count). The first-order valence-corrected chi connectivity index (χ1v) is 8.43. The Morgan fingerprint density at radius 2 is 2.00 bits per heavy atom. The van der Waals surface area contributed by atoms with E-state index in [9.17, 15) is 5.11 Å². The van der Waals surface area contributed by atoms with E-state index in [1.165, 1.54) is 10.5 Å². The van der Waals surface area contributed by atoms with Crippen molar-refractivity contribution >= 4 is 11.8 Å². The molecule has 0 amide bonds. The van der Waals surface area contributed by atoms with Gasteiger partial charge in [-0.25, -0.2) is 0 Å². The molecule has 0 unspecified atom stereocenters. The van der Waals surface area contributed by atoms with Crippen LogP contribution in [0.5, 0.6) is 5.75 Å². The van der Waals surface area contributed by atoms with Crippen LogP contribution < -0.4 is 4.74 Å². The lowest BCUT2D eigenvalue weighted by Crippen LogP contribution is -2.09. The molecule has 0 bridgehead atoms. The number of hydrogen-bond acceptors (Lipinski definition) is 3. The van der Waals surface area contributed by atoms with Crippen LogP contribution in [0.15, 0.2) is 53.4 Å². The molecule has 21 heavy (non-hydrogen) atoms. The Hall–Kier alpha value is -1.45. The van der Waals surface area contributed by atoms with E-state index in [1.54, 1.807) is 11.8 Å². The second-order valence-corrected chi connectivity index (χ2v) is 6.45. The Morgan fingerprint density at radius 1 is 1.14 bits per heavy atom. The highest BCUT2D eigenvalue weighted by Crippen LogP contribution is 2.32. The van der Waals surface area contributed by atoms with Crippen LogP contribution in [0.3, 0.4) is 0 Å². The zero-order valence-corrected chi connectivity index (χ0v) is 12.8. The van der Waals surface area contributed by atoms with Gasteiger partial charge in [0.1, 0.15) is 5.75 Å². The third-order valence-corrected chi connectivity index (χ3v) is 4.74. The lowest BCUT2D eigenvalue weighted by molar-refractivity contribution is 0.156. The molecule has 0 saturated heterocycles. The van der Waals surface area contributed by atoms with E-state index in [0.717, 1.165) is 36.3 Å². The van der Waals surface area contributed by atoms with Gasteiger partial charge >= 0.3 is 0 Å². The largest absolute Gasteiger partial charge is 0.493 e.